The highest BCUT2D eigenvalue weighted by Gasteiger charge is 2.16. The largest absolute Gasteiger partial charge is 0.489 e. The SMILES string of the molecule is c1ccc(COc2ccc(Oc3nc(-c4ccccc4)nc4sc(-c5ccccc5)cc34)cc2)cc1. The van der Waals surface area contributed by atoms with E-state index >= 15 is 0 Å². The molecule has 4 nitrogen and oxygen atoms in total. The molecule has 0 radical (unpaired) electrons. The first kappa shape index (κ1) is 22.0. The molecule has 0 unspecified atom stereocenters. The highest BCUT2D eigenvalue weighted by molar-refractivity contribution is 7.21. The maximum absolute atomic E-state index is 6.32. The number of fused-ring (bicyclic) bond motifs is 1. The van der Waals surface area contributed by atoms with Crippen LogP contribution >= 0.6 is 11.3 Å². The Bertz CT molecular complexity index is 1580. The summed E-state index contributed by atoms with van der Waals surface area (Å²) in [7, 11) is 0. The molecule has 0 saturated carbocycles. The number of thiophene rings is 1. The second-order valence-corrected chi connectivity index (χ2v) is 9.29. The first-order chi connectivity index (χ1) is 17.8. The number of aromatic nitrogens is 2. The van der Waals surface area contributed by atoms with Crippen LogP contribution in [0.15, 0.2) is 121 Å². The van der Waals surface area contributed by atoms with Crippen molar-refractivity contribution in [1.82, 2.24) is 9.97 Å². The van der Waals surface area contributed by atoms with Gasteiger partial charge in [0, 0.05) is 10.4 Å². The summed E-state index contributed by atoms with van der Waals surface area (Å²) in [6.45, 7) is 0.519. The van der Waals surface area contributed by atoms with E-state index in [0.717, 1.165) is 37.5 Å². The fourth-order valence-electron chi connectivity index (χ4n) is 3.89. The number of hydrogen-bond donors (Lipinski definition) is 0. The van der Waals surface area contributed by atoms with Crippen LogP contribution < -0.4 is 9.47 Å². The molecule has 36 heavy (non-hydrogen) atoms. The minimum absolute atomic E-state index is 0.519. The summed E-state index contributed by atoms with van der Waals surface area (Å²) in [4.78, 5) is 11.7. The summed E-state index contributed by atoms with van der Waals surface area (Å²) in [6, 6.07) is 40.1. The van der Waals surface area contributed by atoms with Crippen LogP contribution in [0.2, 0.25) is 0 Å². The third-order valence-corrected chi connectivity index (χ3v) is 6.81. The second kappa shape index (κ2) is 10.0. The molecule has 0 amide bonds. The molecule has 0 aliphatic rings. The Labute approximate surface area is 213 Å². The number of nitrogens with zero attached hydrogens (tertiary/aromatic N) is 2. The average molecular weight is 487 g/mol. The normalized spacial score (nSPS) is 10.9. The maximum Gasteiger partial charge on any atom is 0.231 e. The van der Waals surface area contributed by atoms with Crippen LogP contribution in [0, 0.1) is 0 Å². The lowest BCUT2D eigenvalue weighted by atomic mass is 10.2. The van der Waals surface area contributed by atoms with Crippen LogP contribution in [0.1, 0.15) is 5.56 Å². The summed E-state index contributed by atoms with van der Waals surface area (Å²) in [5, 5.41) is 0.892. The van der Waals surface area contributed by atoms with Crippen molar-refractivity contribution < 1.29 is 9.47 Å². The summed E-state index contributed by atoms with van der Waals surface area (Å²) >= 11 is 1.64. The van der Waals surface area contributed by atoms with Gasteiger partial charge in [0.1, 0.15) is 22.9 Å². The number of hydrogen-bond acceptors (Lipinski definition) is 5. The molecular formula is C31H22N2O2S. The van der Waals surface area contributed by atoms with Gasteiger partial charge in [-0.15, -0.1) is 11.3 Å². The van der Waals surface area contributed by atoms with E-state index in [1.807, 2.05) is 103 Å². The van der Waals surface area contributed by atoms with Gasteiger partial charge in [-0.1, -0.05) is 91.0 Å². The van der Waals surface area contributed by atoms with Gasteiger partial charge < -0.3 is 9.47 Å². The Morgan fingerprint density at radius 2 is 1.22 bits per heavy atom. The molecule has 0 aliphatic heterocycles. The Morgan fingerprint density at radius 3 is 1.92 bits per heavy atom. The predicted molar refractivity (Wildman–Crippen MR) is 146 cm³/mol. The standard InChI is InChI=1S/C31H22N2O2S/c1-4-10-22(11-5-1)21-34-25-16-18-26(19-17-25)35-30-27-20-28(23-12-6-2-7-13-23)36-31(27)33-29(32-30)24-14-8-3-9-15-24/h1-20H,21H2. The Morgan fingerprint density at radius 1 is 0.611 bits per heavy atom. The molecule has 0 saturated heterocycles. The van der Waals surface area contributed by atoms with Gasteiger partial charge in [0.05, 0.1) is 5.39 Å². The van der Waals surface area contributed by atoms with Crippen LogP contribution in [0.4, 0.5) is 0 Å². The van der Waals surface area contributed by atoms with Crippen molar-refractivity contribution in [3.63, 3.8) is 0 Å². The van der Waals surface area contributed by atoms with Crippen LogP contribution in [0.25, 0.3) is 32.0 Å². The molecule has 0 atom stereocenters. The zero-order valence-electron chi connectivity index (χ0n) is 19.4. The minimum atomic E-state index is 0.519. The van der Waals surface area contributed by atoms with Crippen molar-refractivity contribution >= 4 is 21.6 Å². The van der Waals surface area contributed by atoms with Crippen LogP contribution in [0.5, 0.6) is 17.4 Å². The van der Waals surface area contributed by atoms with Crippen LogP contribution in [-0.2, 0) is 6.61 Å². The highest BCUT2D eigenvalue weighted by atomic mass is 32.1. The third-order valence-electron chi connectivity index (χ3n) is 5.73. The fraction of sp³-hybridized carbons (Fsp3) is 0.0323. The smallest absolute Gasteiger partial charge is 0.231 e. The Kier molecular flexibility index (Phi) is 6.13. The van der Waals surface area contributed by atoms with Gasteiger partial charge in [-0.3, -0.25) is 0 Å². The molecule has 0 aliphatic carbocycles. The van der Waals surface area contributed by atoms with Gasteiger partial charge in [-0.05, 0) is 41.5 Å². The van der Waals surface area contributed by atoms with Crippen molar-refractivity contribution in [2.75, 3.05) is 0 Å². The first-order valence-electron chi connectivity index (χ1n) is 11.7. The van der Waals surface area contributed by atoms with Crippen molar-refractivity contribution in [1.29, 1.82) is 0 Å². The van der Waals surface area contributed by atoms with E-state index in [0.29, 0.717) is 24.1 Å². The van der Waals surface area contributed by atoms with Crippen molar-refractivity contribution in [3.8, 4) is 39.2 Å². The third kappa shape index (κ3) is 4.83. The lowest BCUT2D eigenvalue weighted by Gasteiger charge is -2.10. The monoisotopic (exact) mass is 486 g/mol. The van der Waals surface area contributed by atoms with E-state index in [-0.39, 0.29) is 0 Å². The summed E-state index contributed by atoms with van der Waals surface area (Å²) in [5.74, 6) is 2.65. The number of benzene rings is 4. The highest BCUT2D eigenvalue weighted by Crippen LogP contribution is 2.39. The molecule has 4 aromatic carbocycles. The molecule has 5 heteroatoms. The van der Waals surface area contributed by atoms with Crippen LogP contribution in [-0.4, -0.2) is 9.97 Å². The second-order valence-electron chi connectivity index (χ2n) is 8.26. The van der Waals surface area contributed by atoms with Gasteiger partial charge in [0.15, 0.2) is 5.82 Å². The molecule has 0 N–H and O–H groups in total. The van der Waals surface area contributed by atoms with E-state index in [1.165, 1.54) is 0 Å². The molecule has 2 heterocycles. The Balaban J connectivity index is 1.32. The topological polar surface area (TPSA) is 44.2 Å². The van der Waals surface area contributed by atoms with Gasteiger partial charge in [0.2, 0.25) is 5.88 Å². The number of rotatable bonds is 7. The lowest BCUT2D eigenvalue weighted by Crippen LogP contribution is -1.96. The molecule has 6 aromatic rings. The van der Waals surface area contributed by atoms with E-state index in [9.17, 15) is 0 Å². The molecule has 6 rings (SSSR count). The van der Waals surface area contributed by atoms with E-state index in [1.54, 1.807) is 11.3 Å². The first-order valence-corrected chi connectivity index (χ1v) is 12.5. The van der Waals surface area contributed by atoms with Gasteiger partial charge in [-0.2, -0.15) is 4.98 Å². The lowest BCUT2D eigenvalue weighted by molar-refractivity contribution is 0.305. The quantitative estimate of drug-likeness (QED) is 0.227. The van der Waals surface area contributed by atoms with Gasteiger partial charge in [-0.25, -0.2) is 4.98 Å². The Hall–Kier alpha value is -4.48. The fourth-order valence-corrected chi connectivity index (χ4v) is 4.92. The zero-order valence-corrected chi connectivity index (χ0v) is 20.2. The molecule has 0 spiro atoms. The summed E-state index contributed by atoms with van der Waals surface area (Å²) in [5.41, 5.74) is 3.22. The molecule has 0 bridgehead atoms. The molecule has 0 fully saturated rings. The van der Waals surface area contributed by atoms with E-state index in [4.69, 9.17) is 19.4 Å². The maximum atomic E-state index is 6.32. The van der Waals surface area contributed by atoms with E-state index in [2.05, 4.69) is 18.2 Å². The summed E-state index contributed by atoms with van der Waals surface area (Å²) in [6.07, 6.45) is 0. The van der Waals surface area contributed by atoms with Gasteiger partial charge >= 0.3 is 0 Å². The van der Waals surface area contributed by atoms with Crippen molar-refractivity contribution in [2.24, 2.45) is 0 Å². The zero-order chi connectivity index (χ0) is 24.2. The van der Waals surface area contributed by atoms with Crippen molar-refractivity contribution in [2.45, 2.75) is 6.61 Å². The number of ether oxygens (including phenoxy) is 2. The van der Waals surface area contributed by atoms with Crippen molar-refractivity contribution in [3.05, 3.63) is 127 Å². The molecule has 2 aromatic heterocycles. The van der Waals surface area contributed by atoms with Gasteiger partial charge in [0.25, 0.3) is 0 Å². The molecular weight excluding hydrogens is 464 g/mol. The average Bonchev–Trinajstić information content (AvgIpc) is 3.39. The predicted octanol–water partition coefficient (Wildman–Crippen LogP) is 8.40. The molecule has 174 valence electrons. The van der Waals surface area contributed by atoms with Crippen LogP contribution in [0.3, 0.4) is 0 Å². The van der Waals surface area contributed by atoms with E-state index < -0.39 is 0 Å². The minimum Gasteiger partial charge on any atom is -0.489 e. The summed E-state index contributed by atoms with van der Waals surface area (Å²) < 4.78 is 12.2.